The Kier molecular flexibility index (Phi) is 10.4. The van der Waals surface area contributed by atoms with Crippen LogP contribution in [0.3, 0.4) is 0 Å². The summed E-state index contributed by atoms with van der Waals surface area (Å²) in [4.78, 5) is 13.8. The third kappa shape index (κ3) is 7.25. The van der Waals surface area contributed by atoms with Gasteiger partial charge >= 0.3 is 0 Å². The van der Waals surface area contributed by atoms with Gasteiger partial charge in [0, 0.05) is 52.9 Å². The molecule has 1 aromatic rings. The molecular formula is C21H36FIN6. The summed E-state index contributed by atoms with van der Waals surface area (Å²) in [5.41, 5.74) is 0.702. The van der Waals surface area contributed by atoms with Crippen molar-refractivity contribution in [2.75, 3.05) is 84.4 Å². The van der Waals surface area contributed by atoms with Crippen LogP contribution in [0.1, 0.15) is 12.8 Å². The fourth-order valence-corrected chi connectivity index (χ4v) is 4.03. The first-order valence-electron chi connectivity index (χ1n) is 10.5. The van der Waals surface area contributed by atoms with Gasteiger partial charge in [0.25, 0.3) is 0 Å². The van der Waals surface area contributed by atoms with Crippen LogP contribution < -0.4 is 10.2 Å². The van der Waals surface area contributed by atoms with E-state index in [0.29, 0.717) is 5.69 Å². The molecule has 0 atom stereocenters. The molecule has 2 fully saturated rings. The summed E-state index contributed by atoms with van der Waals surface area (Å²) in [6.07, 6.45) is 2.38. The number of anilines is 1. The molecule has 6 nitrogen and oxygen atoms in total. The van der Waals surface area contributed by atoms with Gasteiger partial charge in [-0.2, -0.15) is 0 Å². The lowest BCUT2D eigenvalue weighted by Crippen LogP contribution is -2.53. The first-order chi connectivity index (χ1) is 13.7. The fraction of sp³-hybridized carbons (Fsp3) is 0.667. The predicted molar refractivity (Wildman–Crippen MR) is 130 cm³/mol. The Bertz CT molecular complexity index is 635. The van der Waals surface area contributed by atoms with Crippen molar-refractivity contribution in [1.29, 1.82) is 0 Å². The number of hydrogen-bond acceptors (Lipinski definition) is 4. The van der Waals surface area contributed by atoms with E-state index in [1.165, 1.54) is 38.7 Å². The predicted octanol–water partition coefficient (Wildman–Crippen LogP) is 2.17. The lowest BCUT2D eigenvalue weighted by Gasteiger charge is -2.37. The van der Waals surface area contributed by atoms with E-state index in [9.17, 15) is 4.39 Å². The number of hydrogen-bond donors (Lipinski definition) is 1. The Morgan fingerprint density at radius 3 is 2.52 bits per heavy atom. The van der Waals surface area contributed by atoms with Crippen LogP contribution in [-0.4, -0.2) is 100 Å². The molecule has 2 saturated heterocycles. The van der Waals surface area contributed by atoms with Gasteiger partial charge in [-0.05, 0) is 51.7 Å². The average Bonchev–Trinajstić information content (AvgIpc) is 2.93. The molecule has 0 radical (unpaired) electrons. The molecule has 1 N–H and O–H groups in total. The van der Waals surface area contributed by atoms with E-state index in [4.69, 9.17) is 0 Å². The number of nitrogens with one attached hydrogen (secondary N) is 1. The van der Waals surface area contributed by atoms with Crippen LogP contribution >= 0.6 is 24.0 Å². The summed E-state index contributed by atoms with van der Waals surface area (Å²) in [6.45, 7) is 10.2. The quantitative estimate of drug-likeness (QED) is 0.280. The van der Waals surface area contributed by atoms with Crippen molar-refractivity contribution in [3.63, 3.8) is 0 Å². The molecule has 2 aliphatic rings. The minimum Gasteiger partial charge on any atom is -0.366 e. The van der Waals surface area contributed by atoms with Gasteiger partial charge < -0.3 is 24.9 Å². The molecule has 0 spiro atoms. The van der Waals surface area contributed by atoms with Crippen LogP contribution in [0.15, 0.2) is 29.3 Å². The molecular weight excluding hydrogens is 482 g/mol. The van der Waals surface area contributed by atoms with E-state index < -0.39 is 0 Å². The van der Waals surface area contributed by atoms with Gasteiger partial charge in [-0.25, -0.2) is 4.39 Å². The lowest BCUT2D eigenvalue weighted by atomic mass is 10.2. The largest absolute Gasteiger partial charge is 0.366 e. The highest BCUT2D eigenvalue weighted by molar-refractivity contribution is 14.0. The molecule has 29 heavy (non-hydrogen) atoms. The fourth-order valence-electron chi connectivity index (χ4n) is 4.03. The van der Waals surface area contributed by atoms with Crippen molar-refractivity contribution < 1.29 is 4.39 Å². The molecule has 3 rings (SSSR count). The smallest absolute Gasteiger partial charge is 0.193 e. The van der Waals surface area contributed by atoms with Gasteiger partial charge in [-0.15, -0.1) is 24.0 Å². The van der Waals surface area contributed by atoms with Crippen LogP contribution in [0.25, 0.3) is 0 Å². The Morgan fingerprint density at radius 1 is 1.03 bits per heavy atom. The molecule has 0 aromatic heterocycles. The zero-order chi connectivity index (χ0) is 19.8. The van der Waals surface area contributed by atoms with Crippen LogP contribution in [-0.2, 0) is 0 Å². The molecule has 164 valence electrons. The van der Waals surface area contributed by atoms with E-state index in [2.05, 4.69) is 37.0 Å². The number of nitrogens with zero attached hydrogens (tertiary/aromatic N) is 5. The van der Waals surface area contributed by atoms with Gasteiger partial charge in [-0.1, -0.05) is 12.1 Å². The first kappa shape index (κ1) is 24.1. The third-order valence-electron chi connectivity index (χ3n) is 5.73. The van der Waals surface area contributed by atoms with E-state index in [-0.39, 0.29) is 29.8 Å². The Labute approximate surface area is 192 Å². The lowest BCUT2D eigenvalue weighted by molar-refractivity contribution is 0.273. The highest BCUT2D eigenvalue weighted by Gasteiger charge is 2.21. The number of halogens is 2. The molecule has 0 bridgehead atoms. The summed E-state index contributed by atoms with van der Waals surface area (Å²) >= 11 is 0. The zero-order valence-electron chi connectivity index (χ0n) is 17.8. The maximum atomic E-state index is 14.0. The summed E-state index contributed by atoms with van der Waals surface area (Å²) in [7, 11) is 4.05. The summed E-state index contributed by atoms with van der Waals surface area (Å²) in [6, 6.07) is 7.03. The van der Waals surface area contributed by atoms with Crippen LogP contribution in [0.5, 0.6) is 0 Å². The number of guanidine groups is 1. The van der Waals surface area contributed by atoms with Crippen LogP contribution in [0, 0.1) is 5.82 Å². The number of aliphatic imine (C=N–C) groups is 1. The summed E-state index contributed by atoms with van der Waals surface area (Å²) < 4.78 is 14.0. The summed E-state index contributed by atoms with van der Waals surface area (Å²) in [5.74, 6) is 0.821. The molecule has 8 heteroatoms. The van der Waals surface area contributed by atoms with E-state index in [1.54, 1.807) is 6.07 Å². The number of benzene rings is 1. The normalized spacial score (nSPS) is 19.6. The minimum atomic E-state index is -0.141. The molecule has 0 unspecified atom stereocenters. The molecule has 0 aliphatic carbocycles. The Balaban J connectivity index is 0.00000300. The molecule has 0 amide bonds. The SMILES string of the molecule is CN=C(NCCCN1CCCN(C)CC1)N1CCN(c2ccccc2F)CC1.I. The number of para-hydroxylation sites is 1. The highest BCUT2D eigenvalue weighted by Crippen LogP contribution is 2.20. The molecule has 1 aromatic carbocycles. The second-order valence-electron chi connectivity index (χ2n) is 7.75. The van der Waals surface area contributed by atoms with E-state index in [0.717, 1.165) is 51.6 Å². The van der Waals surface area contributed by atoms with Gasteiger partial charge in [0.1, 0.15) is 5.82 Å². The van der Waals surface area contributed by atoms with Gasteiger partial charge in [-0.3, -0.25) is 4.99 Å². The highest BCUT2D eigenvalue weighted by atomic mass is 127. The number of likely N-dealkylation sites (N-methyl/N-ethyl adjacent to an activating group) is 1. The Hall–Kier alpha value is -1.13. The van der Waals surface area contributed by atoms with Gasteiger partial charge in [0.15, 0.2) is 5.96 Å². The van der Waals surface area contributed by atoms with E-state index in [1.807, 2.05) is 19.2 Å². The molecule has 2 heterocycles. The van der Waals surface area contributed by atoms with Crippen molar-refractivity contribution in [3.8, 4) is 0 Å². The minimum absolute atomic E-state index is 0. The van der Waals surface area contributed by atoms with Crippen molar-refractivity contribution in [2.45, 2.75) is 12.8 Å². The standard InChI is InChI=1S/C21H35FN6.HI/c1-23-21(24-9-5-11-26-12-6-10-25(2)13-14-26)28-17-15-27(16-18-28)20-8-4-3-7-19(20)22;/h3-4,7-8H,5-6,9-18H2,1-2H3,(H,23,24);1H. The van der Waals surface area contributed by atoms with E-state index >= 15 is 0 Å². The van der Waals surface area contributed by atoms with Crippen molar-refractivity contribution >= 4 is 35.6 Å². The molecule has 0 saturated carbocycles. The maximum absolute atomic E-state index is 14.0. The van der Waals surface area contributed by atoms with Crippen LogP contribution in [0.4, 0.5) is 10.1 Å². The van der Waals surface area contributed by atoms with Gasteiger partial charge in [0.05, 0.1) is 5.69 Å². The number of rotatable bonds is 5. The Morgan fingerprint density at radius 2 is 1.79 bits per heavy atom. The van der Waals surface area contributed by atoms with Crippen LogP contribution in [0.2, 0.25) is 0 Å². The second kappa shape index (κ2) is 12.5. The van der Waals surface area contributed by atoms with Crippen molar-refractivity contribution in [1.82, 2.24) is 20.0 Å². The second-order valence-corrected chi connectivity index (χ2v) is 7.75. The molecule has 2 aliphatic heterocycles. The van der Waals surface area contributed by atoms with Crippen molar-refractivity contribution in [2.24, 2.45) is 4.99 Å². The van der Waals surface area contributed by atoms with Crippen molar-refractivity contribution in [3.05, 3.63) is 30.1 Å². The zero-order valence-corrected chi connectivity index (χ0v) is 20.1. The van der Waals surface area contributed by atoms with Gasteiger partial charge in [0.2, 0.25) is 0 Å². The topological polar surface area (TPSA) is 37.4 Å². The number of piperazine rings is 1. The summed E-state index contributed by atoms with van der Waals surface area (Å²) in [5, 5.41) is 3.52. The maximum Gasteiger partial charge on any atom is 0.193 e. The average molecular weight is 518 g/mol. The third-order valence-corrected chi connectivity index (χ3v) is 5.73. The first-order valence-corrected chi connectivity index (χ1v) is 10.5. The monoisotopic (exact) mass is 518 g/mol.